The Balaban J connectivity index is 1.53. The Kier molecular flexibility index (Phi) is 6.48. The third-order valence-corrected chi connectivity index (χ3v) is 6.05. The Morgan fingerprint density at radius 1 is 1.09 bits per heavy atom. The molecule has 0 saturated carbocycles. The number of ether oxygens (including phenoxy) is 1. The van der Waals surface area contributed by atoms with Gasteiger partial charge < -0.3 is 9.64 Å². The van der Waals surface area contributed by atoms with Gasteiger partial charge in [0.2, 0.25) is 0 Å². The molecule has 32 heavy (non-hydrogen) atoms. The zero-order valence-corrected chi connectivity index (χ0v) is 19.3. The predicted octanol–water partition coefficient (Wildman–Crippen LogP) is 3.60. The van der Waals surface area contributed by atoms with Gasteiger partial charge in [-0.05, 0) is 38.1 Å². The van der Waals surface area contributed by atoms with Gasteiger partial charge >= 0.3 is 0 Å². The number of halogens is 1. The molecule has 1 aromatic heterocycles. The molecular weight excluding hydrogens is 428 g/mol. The largest absolute Gasteiger partial charge is 0.496 e. The second kappa shape index (κ2) is 9.30. The number of piperazine rings is 1. The number of benzene rings is 2. The predicted molar refractivity (Wildman–Crippen MR) is 126 cm³/mol. The molecule has 1 saturated heterocycles. The van der Waals surface area contributed by atoms with E-state index in [0.717, 1.165) is 24.4 Å². The summed E-state index contributed by atoms with van der Waals surface area (Å²) in [6.07, 6.45) is 0. The van der Waals surface area contributed by atoms with Crippen LogP contribution in [0.25, 0.3) is 10.8 Å². The van der Waals surface area contributed by atoms with Crippen molar-refractivity contribution >= 4 is 28.3 Å². The highest BCUT2D eigenvalue weighted by molar-refractivity contribution is 6.30. The van der Waals surface area contributed by atoms with Crippen molar-refractivity contribution in [3.05, 3.63) is 69.1 Å². The van der Waals surface area contributed by atoms with Crippen LogP contribution in [0.4, 0.5) is 0 Å². The van der Waals surface area contributed by atoms with Gasteiger partial charge in [-0.1, -0.05) is 29.8 Å². The molecule has 0 spiro atoms. The van der Waals surface area contributed by atoms with Crippen LogP contribution < -0.4 is 10.3 Å². The van der Waals surface area contributed by atoms with Crippen LogP contribution in [0.2, 0.25) is 5.02 Å². The lowest BCUT2D eigenvalue weighted by Gasteiger charge is -2.35. The number of nitrogens with zero attached hydrogens (tertiary/aromatic N) is 4. The van der Waals surface area contributed by atoms with Crippen molar-refractivity contribution in [3.8, 4) is 5.75 Å². The average molecular weight is 455 g/mol. The van der Waals surface area contributed by atoms with E-state index in [0.29, 0.717) is 41.1 Å². The number of hydrogen-bond donors (Lipinski definition) is 0. The number of carbonyl (C=O) groups is 1. The highest BCUT2D eigenvalue weighted by Crippen LogP contribution is 2.25. The minimum Gasteiger partial charge on any atom is -0.496 e. The lowest BCUT2D eigenvalue weighted by Crippen LogP contribution is -2.48. The Morgan fingerprint density at radius 3 is 2.44 bits per heavy atom. The van der Waals surface area contributed by atoms with E-state index in [9.17, 15) is 9.59 Å². The lowest BCUT2D eigenvalue weighted by atomic mass is 10.1. The first-order valence-electron chi connectivity index (χ1n) is 10.7. The third-order valence-electron chi connectivity index (χ3n) is 5.82. The number of methoxy groups -OCH3 is 1. The van der Waals surface area contributed by atoms with Gasteiger partial charge in [0.25, 0.3) is 11.5 Å². The van der Waals surface area contributed by atoms with Gasteiger partial charge in [-0.3, -0.25) is 14.5 Å². The van der Waals surface area contributed by atoms with E-state index in [1.165, 1.54) is 4.68 Å². The van der Waals surface area contributed by atoms with Crippen LogP contribution in [0.3, 0.4) is 0 Å². The fourth-order valence-corrected chi connectivity index (χ4v) is 4.28. The van der Waals surface area contributed by atoms with E-state index < -0.39 is 0 Å². The van der Waals surface area contributed by atoms with E-state index in [4.69, 9.17) is 16.3 Å². The molecule has 0 bridgehead atoms. The number of amides is 1. The van der Waals surface area contributed by atoms with Crippen LogP contribution >= 0.6 is 11.6 Å². The topological polar surface area (TPSA) is 67.7 Å². The summed E-state index contributed by atoms with van der Waals surface area (Å²) < 4.78 is 6.85. The normalized spacial score (nSPS) is 14.8. The molecular formula is C24H27ClN4O3. The second-order valence-corrected chi connectivity index (χ2v) is 8.70. The fraction of sp³-hybridized carbons (Fsp3) is 0.375. The first-order valence-corrected chi connectivity index (χ1v) is 11.1. The van der Waals surface area contributed by atoms with Crippen molar-refractivity contribution < 1.29 is 9.53 Å². The molecule has 1 aliphatic heterocycles. The van der Waals surface area contributed by atoms with Gasteiger partial charge in [0.1, 0.15) is 5.75 Å². The molecule has 4 rings (SSSR count). The number of rotatable bonds is 5. The average Bonchev–Trinajstić information content (AvgIpc) is 2.79. The number of hydrogen-bond acceptors (Lipinski definition) is 5. The Bertz CT molecular complexity index is 1200. The Hall–Kier alpha value is -2.90. The summed E-state index contributed by atoms with van der Waals surface area (Å²) in [6.45, 7) is 7.09. The molecule has 2 aromatic carbocycles. The smallest absolute Gasteiger partial charge is 0.275 e. The van der Waals surface area contributed by atoms with Gasteiger partial charge in [-0.15, -0.1) is 0 Å². The van der Waals surface area contributed by atoms with Crippen LogP contribution in [0.15, 0.2) is 47.3 Å². The van der Waals surface area contributed by atoms with E-state index in [1.807, 2.05) is 49.1 Å². The molecule has 8 heteroatoms. The zero-order chi connectivity index (χ0) is 22.8. The summed E-state index contributed by atoms with van der Waals surface area (Å²) in [7, 11) is 1.65. The monoisotopic (exact) mass is 454 g/mol. The molecule has 1 fully saturated rings. The number of aromatic nitrogens is 2. The van der Waals surface area contributed by atoms with Crippen molar-refractivity contribution in [1.82, 2.24) is 19.6 Å². The summed E-state index contributed by atoms with van der Waals surface area (Å²) >= 11 is 6.16. The van der Waals surface area contributed by atoms with Crippen LogP contribution in [-0.2, 0) is 6.54 Å². The maximum absolute atomic E-state index is 13.4. The van der Waals surface area contributed by atoms with Crippen LogP contribution in [-0.4, -0.2) is 58.8 Å². The van der Waals surface area contributed by atoms with Crippen molar-refractivity contribution in [1.29, 1.82) is 0 Å². The summed E-state index contributed by atoms with van der Waals surface area (Å²) in [5.74, 6) is 0.662. The van der Waals surface area contributed by atoms with E-state index in [2.05, 4.69) is 10.00 Å². The van der Waals surface area contributed by atoms with Gasteiger partial charge in [0.05, 0.1) is 18.5 Å². The van der Waals surface area contributed by atoms with E-state index in [1.54, 1.807) is 19.2 Å². The molecule has 0 atom stereocenters. The standard InChI is InChI=1S/C24H27ClN4O3/c1-16(2)29-23(30)20-7-5-4-6-19(20)22(26-29)24(31)28-12-10-27(11-13-28)15-17-14-18(25)8-9-21(17)32-3/h4-9,14,16H,10-13,15H2,1-3H3. The van der Waals surface area contributed by atoms with Gasteiger partial charge in [-0.2, -0.15) is 5.10 Å². The zero-order valence-electron chi connectivity index (χ0n) is 18.5. The quantitative estimate of drug-likeness (QED) is 0.589. The molecule has 0 aliphatic carbocycles. The van der Waals surface area contributed by atoms with Crippen LogP contribution in [0, 0.1) is 0 Å². The molecule has 1 aliphatic rings. The molecule has 2 heterocycles. The minimum absolute atomic E-state index is 0.136. The molecule has 0 unspecified atom stereocenters. The van der Waals surface area contributed by atoms with Gasteiger partial charge in [0.15, 0.2) is 5.69 Å². The highest BCUT2D eigenvalue weighted by Gasteiger charge is 2.26. The van der Waals surface area contributed by atoms with Crippen molar-refractivity contribution in [2.24, 2.45) is 0 Å². The van der Waals surface area contributed by atoms with Crippen molar-refractivity contribution in [2.45, 2.75) is 26.4 Å². The Morgan fingerprint density at radius 2 is 1.78 bits per heavy atom. The number of carbonyl (C=O) groups excluding carboxylic acids is 1. The van der Waals surface area contributed by atoms with E-state index >= 15 is 0 Å². The molecule has 0 radical (unpaired) electrons. The van der Waals surface area contributed by atoms with Crippen LogP contribution in [0.1, 0.15) is 35.9 Å². The van der Waals surface area contributed by atoms with Gasteiger partial charge in [-0.25, -0.2) is 4.68 Å². The van der Waals surface area contributed by atoms with Crippen molar-refractivity contribution in [3.63, 3.8) is 0 Å². The van der Waals surface area contributed by atoms with Gasteiger partial charge in [0, 0.05) is 48.7 Å². The molecule has 7 nitrogen and oxygen atoms in total. The summed E-state index contributed by atoms with van der Waals surface area (Å²) in [4.78, 5) is 30.3. The van der Waals surface area contributed by atoms with E-state index in [-0.39, 0.29) is 17.5 Å². The SMILES string of the molecule is COc1ccc(Cl)cc1CN1CCN(C(=O)c2nn(C(C)C)c(=O)c3ccccc23)CC1. The van der Waals surface area contributed by atoms with Crippen molar-refractivity contribution in [2.75, 3.05) is 33.3 Å². The molecule has 0 N–H and O–H groups in total. The maximum Gasteiger partial charge on any atom is 0.275 e. The summed E-state index contributed by atoms with van der Waals surface area (Å²) in [5.41, 5.74) is 1.18. The first kappa shape index (κ1) is 22.3. The molecule has 1 amide bonds. The third kappa shape index (κ3) is 4.36. The summed E-state index contributed by atoms with van der Waals surface area (Å²) in [6, 6.07) is 12.7. The van der Waals surface area contributed by atoms with Crippen LogP contribution in [0.5, 0.6) is 5.75 Å². The maximum atomic E-state index is 13.4. The summed E-state index contributed by atoms with van der Waals surface area (Å²) in [5, 5.41) is 6.26. The highest BCUT2D eigenvalue weighted by atomic mass is 35.5. The Labute approximate surface area is 192 Å². The lowest BCUT2D eigenvalue weighted by molar-refractivity contribution is 0.0621. The molecule has 3 aromatic rings. The second-order valence-electron chi connectivity index (χ2n) is 8.26. The first-order chi connectivity index (χ1) is 15.4. The fourth-order valence-electron chi connectivity index (χ4n) is 4.08. The molecule has 168 valence electrons. The minimum atomic E-state index is -0.174. The number of fused-ring (bicyclic) bond motifs is 1.